The van der Waals surface area contributed by atoms with E-state index in [9.17, 15) is 4.79 Å². The number of rotatable bonds is 8. The Morgan fingerprint density at radius 2 is 2.25 bits per heavy atom. The molecule has 0 aliphatic carbocycles. The summed E-state index contributed by atoms with van der Waals surface area (Å²) in [5, 5.41) is 14.5. The van der Waals surface area contributed by atoms with Crippen molar-refractivity contribution in [3.05, 3.63) is 24.0 Å². The summed E-state index contributed by atoms with van der Waals surface area (Å²) in [4.78, 5) is 11.6. The molecule has 2 N–H and O–H groups in total. The second kappa shape index (κ2) is 8.39. The zero-order valence-electron chi connectivity index (χ0n) is 12.5. The zero-order chi connectivity index (χ0) is 15.0. The fourth-order valence-electron chi connectivity index (χ4n) is 2.14. The van der Waals surface area contributed by atoms with Gasteiger partial charge in [-0.2, -0.15) is 5.26 Å². The third kappa shape index (κ3) is 5.06. The number of nitrogens with one attached hydrogen (secondary N) is 2. The van der Waals surface area contributed by atoms with Crippen molar-refractivity contribution in [1.29, 1.82) is 5.26 Å². The minimum absolute atomic E-state index is 0.0552. The van der Waals surface area contributed by atoms with Crippen molar-refractivity contribution in [2.75, 3.05) is 13.1 Å². The second-order valence-corrected chi connectivity index (χ2v) is 5.23. The molecule has 1 unspecified atom stereocenters. The Balaban J connectivity index is 2.64. The maximum absolute atomic E-state index is 11.6. The van der Waals surface area contributed by atoms with Crippen molar-refractivity contribution in [2.24, 2.45) is 5.92 Å². The van der Waals surface area contributed by atoms with Gasteiger partial charge in [-0.15, -0.1) is 0 Å². The number of hydrogen-bond acceptors (Lipinski definition) is 3. The minimum Gasteiger partial charge on any atom is -0.345 e. The van der Waals surface area contributed by atoms with Crippen molar-refractivity contribution in [3.8, 4) is 6.07 Å². The molecule has 1 atom stereocenters. The molecule has 5 heteroatoms. The van der Waals surface area contributed by atoms with Crippen LogP contribution < -0.4 is 10.6 Å². The van der Waals surface area contributed by atoms with Crippen LogP contribution in [0.4, 0.5) is 0 Å². The van der Waals surface area contributed by atoms with Crippen LogP contribution in [0, 0.1) is 17.2 Å². The van der Waals surface area contributed by atoms with E-state index in [2.05, 4.69) is 31.4 Å². The van der Waals surface area contributed by atoms with Gasteiger partial charge in [0.25, 0.3) is 0 Å². The lowest BCUT2D eigenvalue weighted by Crippen LogP contribution is -2.27. The number of nitrogens with zero attached hydrogens (tertiary/aromatic N) is 2. The van der Waals surface area contributed by atoms with E-state index < -0.39 is 0 Å². The van der Waals surface area contributed by atoms with E-state index in [4.69, 9.17) is 5.26 Å². The van der Waals surface area contributed by atoms with Crippen molar-refractivity contribution >= 4 is 5.91 Å². The van der Waals surface area contributed by atoms with Crippen LogP contribution in [0.15, 0.2) is 18.5 Å². The summed E-state index contributed by atoms with van der Waals surface area (Å²) in [6, 6.07) is 4.25. The summed E-state index contributed by atoms with van der Waals surface area (Å²) in [6.07, 6.45) is 5.00. The van der Waals surface area contributed by atoms with Crippen LogP contribution in [0.1, 0.15) is 38.8 Å². The average Bonchev–Trinajstić information content (AvgIpc) is 2.84. The largest absolute Gasteiger partial charge is 0.345 e. The third-order valence-electron chi connectivity index (χ3n) is 3.10. The van der Waals surface area contributed by atoms with Crippen LogP contribution in [-0.4, -0.2) is 23.6 Å². The molecule has 1 heterocycles. The van der Waals surface area contributed by atoms with Crippen LogP contribution >= 0.6 is 0 Å². The molecule has 110 valence electrons. The van der Waals surface area contributed by atoms with Crippen LogP contribution in [0.3, 0.4) is 0 Å². The SMILES string of the molecule is CCCNC(c1ccn(CC(=O)NCC#N)c1)C(C)C. The maximum Gasteiger partial charge on any atom is 0.240 e. The Labute approximate surface area is 121 Å². The van der Waals surface area contributed by atoms with Gasteiger partial charge in [-0.3, -0.25) is 4.79 Å². The molecule has 0 fully saturated rings. The molecule has 0 spiro atoms. The number of nitriles is 1. The van der Waals surface area contributed by atoms with Gasteiger partial charge in [0, 0.05) is 18.4 Å². The first-order valence-corrected chi connectivity index (χ1v) is 7.11. The Morgan fingerprint density at radius 3 is 2.85 bits per heavy atom. The van der Waals surface area contributed by atoms with E-state index >= 15 is 0 Å². The smallest absolute Gasteiger partial charge is 0.240 e. The predicted octanol–water partition coefficient (Wildman–Crippen LogP) is 1.82. The van der Waals surface area contributed by atoms with Crippen LogP contribution in [0.2, 0.25) is 0 Å². The van der Waals surface area contributed by atoms with Crippen LogP contribution in [0.5, 0.6) is 0 Å². The molecule has 1 aromatic rings. The van der Waals surface area contributed by atoms with Gasteiger partial charge in [0.1, 0.15) is 13.1 Å². The lowest BCUT2D eigenvalue weighted by atomic mass is 9.98. The van der Waals surface area contributed by atoms with Gasteiger partial charge in [-0.25, -0.2) is 0 Å². The molecule has 1 aromatic heterocycles. The number of carbonyl (C=O) groups is 1. The first-order chi connectivity index (χ1) is 9.58. The Bertz CT molecular complexity index is 459. The highest BCUT2D eigenvalue weighted by molar-refractivity contribution is 5.75. The van der Waals surface area contributed by atoms with E-state index in [0.717, 1.165) is 13.0 Å². The van der Waals surface area contributed by atoms with E-state index in [1.165, 1.54) is 5.56 Å². The maximum atomic E-state index is 11.6. The zero-order valence-corrected chi connectivity index (χ0v) is 12.5. The minimum atomic E-state index is -0.142. The normalized spacial score (nSPS) is 12.2. The van der Waals surface area contributed by atoms with Gasteiger partial charge in [0.15, 0.2) is 0 Å². The first kappa shape index (κ1) is 16.3. The number of aromatic nitrogens is 1. The summed E-state index contributed by atoms with van der Waals surface area (Å²) < 4.78 is 1.85. The fraction of sp³-hybridized carbons (Fsp3) is 0.600. The van der Waals surface area contributed by atoms with Crippen LogP contribution in [0.25, 0.3) is 0 Å². The molecule has 0 aliphatic heterocycles. The summed E-state index contributed by atoms with van der Waals surface area (Å²) in [7, 11) is 0. The van der Waals surface area contributed by atoms with Gasteiger partial charge in [-0.1, -0.05) is 20.8 Å². The lowest BCUT2D eigenvalue weighted by Gasteiger charge is -2.21. The molecule has 1 rings (SSSR count). The topological polar surface area (TPSA) is 69.8 Å². The van der Waals surface area contributed by atoms with Gasteiger partial charge in [0.05, 0.1) is 6.07 Å². The highest BCUT2D eigenvalue weighted by atomic mass is 16.1. The van der Waals surface area contributed by atoms with Gasteiger partial charge in [0.2, 0.25) is 5.91 Å². The van der Waals surface area contributed by atoms with Crippen LogP contribution in [-0.2, 0) is 11.3 Å². The Kier molecular flexibility index (Phi) is 6.82. The highest BCUT2D eigenvalue weighted by Gasteiger charge is 2.16. The molecule has 5 nitrogen and oxygen atoms in total. The number of carbonyl (C=O) groups excluding carboxylic acids is 1. The number of hydrogen-bond donors (Lipinski definition) is 2. The van der Waals surface area contributed by atoms with E-state index in [-0.39, 0.29) is 19.0 Å². The molecular formula is C15H24N4O. The molecule has 20 heavy (non-hydrogen) atoms. The molecule has 0 bridgehead atoms. The fourth-order valence-corrected chi connectivity index (χ4v) is 2.14. The second-order valence-electron chi connectivity index (χ2n) is 5.23. The highest BCUT2D eigenvalue weighted by Crippen LogP contribution is 2.21. The van der Waals surface area contributed by atoms with Crippen molar-refractivity contribution in [1.82, 2.24) is 15.2 Å². The quantitative estimate of drug-likeness (QED) is 0.712. The summed E-state index contributed by atoms with van der Waals surface area (Å²) >= 11 is 0. The van der Waals surface area contributed by atoms with E-state index in [1.807, 2.05) is 29.1 Å². The molecule has 0 radical (unpaired) electrons. The molecule has 0 aliphatic rings. The van der Waals surface area contributed by atoms with Crippen molar-refractivity contribution in [2.45, 2.75) is 39.8 Å². The first-order valence-electron chi connectivity index (χ1n) is 7.11. The van der Waals surface area contributed by atoms with Gasteiger partial charge < -0.3 is 15.2 Å². The third-order valence-corrected chi connectivity index (χ3v) is 3.10. The Morgan fingerprint density at radius 1 is 1.50 bits per heavy atom. The van der Waals surface area contributed by atoms with Crippen molar-refractivity contribution in [3.63, 3.8) is 0 Å². The number of amides is 1. The molecule has 1 amide bonds. The monoisotopic (exact) mass is 276 g/mol. The summed E-state index contributed by atoms with van der Waals surface area (Å²) in [6.45, 7) is 7.81. The van der Waals surface area contributed by atoms with E-state index in [0.29, 0.717) is 12.0 Å². The summed E-state index contributed by atoms with van der Waals surface area (Å²) in [5.74, 6) is 0.348. The van der Waals surface area contributed by atoms with Gasteiger partial charge >= 0.3 is 0 Å². The molecule has 0 saturated carbocycles. The molecule has 0 aromatic carbocycles. The summed E-state index contributed by atoms with van der Waals surface area (Å²) in [5.41, 5.74) is 1.20. The lowest BCUT2D eigenvalue weighted by molar-refractivity contribution is -0.121. The molecular weight excluding hydrogens is 252 g/mol. The predicted molar refractivity (Wildman–Crippen MR) is 78.9 cm³/mol. The Hall–Kier alpha value is -1.80. The van der Waals surface area contributed by atoms with E-state index in [1.54, 1.807) is 0 Å². The van der Waals surface area contributed by atoms with Gasteiger partial charge in [-0.05, 0) is 30.5 Å². The standard InChI is InChI=1S/C15H24N4O/c1-4-7-18-15(12(2)3)13-5-9-19(10-13)11-14(20)17-8-6-16/h5,9-10,12,15,18H,4,7-8,11H2,1-3H3,(H,17,20). The van der Waals surface area contributed by atoms with Crippen molar-refractivity contribution < 1.29 is 4.79 Å². The molecule has 0 saturated heterocycles. The average molecular weight is 276 g/mol.